The topological polar surface area (TPSA) is 86.7 Å². The van der Waals surface area contributed by atoms with E-state index in [0.29, 0.717) is 17.7 Å². The third-order valence-corrected chi connectivity index (χ3v) is 7.42. The predicted molar refractivity (Wildman–Crippen MR) is 123 cm³/mol. The van der Waals surface area contributed by atoms with E-state index in [1.54, 1.807) is 32.0 Å². The van der Waals surface area contributed by atoms with Gasteiger partial charge in [-0.25, -0.2) is 13.1 Å². The summed E-state index contributed by atoms with van der Waals surface area (Å²) in [5.41, 5.74) is 2.28. The number of anilines is 1. The Morgan fingerprint density at radius 2 is 1.84 bits per heavy atom. The number of aromatic nitrogens is 1. The molecule has 1 aliphatic rings. The first-order chi connectivity index (χ1) is 14.7. The second kappa shape index (κ2) is 9.95. The number of likely N-dealkylation sites (N-methyl/N-ethyl adjacent to an activating group) is 1. The molecule has 0 spiro atoms. The molecule has 1 aromatic heterocycles. The number of hydrogen-bond acceptors (Lipinski definition) is 5. The Bertz CT molecular complexity index is 1010. The molecule has 0 aliphatic carbocycles. The minimum Gasteiger partial charge on any atom is -0.353 e. The number of carbonyl (C=O) groups excluding carboxylic acids is 1. The third kappa shape index (κ3) is 5.74. The van der Waals surface area contributed by atoms with E-state index in [1.165, 1.54) is 0 Å². The van der Waals surface area contributed by atoms with Crippen molar-refractivity contribution in [1.29, 1.82) is 0 Å². The number of benzene rings is 1. The Kier molecular flexibility index (Phi) is 7.53. The average Bonchev–Trinajstić information content (AvgIpc) is 3.15. The maximum Gasteiger partial charge on any atom is 0.240 e. The van der Waals surface area contributed by atoms with Crippen LogP contribution in [0, 0.1) is 6.92 Å². The van der Waals surface area contributed by atoms with E-state index in [1.807, 2.05) is 29.9 Å². The highest BCUT2D eigenvalue weighted by Crippen LogP contribution is 2.24. The lowest BCUT2D eigenvalue weighted by Gasteiger charge is -2.38. The fraction of sp³-hybridized carbons (Fsp3) is 0.500. The van der Waals surface area contributed by atoms with Gasteiger partial charge in [-0.2, -0.15) is 0 Å². The van der Waals surface area contributed by atoms with Crippen molar-refractivity contribution < 1.29 is 13.2 Å². The molecule has 0 radical (unpaired) electrons. The highest BCUT2D eigenvalue weighted by atomic mass is 32.2. The predicted octanol–water partition coefficient (Wildman–Crippen LogP) is 1.95. The number of piperazine rings is 1. The van der Waals surface area contributed by atoms with Crippen LogP contribution in [0.15, 0.2) is 41.4 Å². The molecule has 8 nitrogen and oxygen atoms in total. The molecule has 2 aromatic rings. The molecule has 31 heavy (non-hydrogen) atoms. The SMILES string of the molecule is CCC(=O)Nc1ccc(S(=O)(=O)NCC(c2cccn2C)N2CCN(C)CC2)c(C)c1. The minimum absolute atomic E-state index is 0.0492. The van der Waals surface area contributed by atoms with Crippen molar-refractivity contribution in [3.05, 3.63) is 47.8 Å². The summed E-state index contributed by atoms with van der Waals surface area (Å²) in [5.74, 6) is -0.106. The molecule has 1 aromatic carbocycles. The number of rotatable bonds is 8. The van der Waals surface area contributed by atoms with E-state index >= 15 is 0 Å². The first-order valence-corrected chi connectivity index (χ1v) is 12.1. The number of carbonyl (C=O) groups is 1. The molecular weight excluding hydrogens is 414 g/mol. The monoisotopic (exact) mass is 447 g/mol. The zero-order chi connectivity index (χ0) is 22.6. The quantitative estimate of drug-likeness (QED) is 0.646. The molecule has 1 amide bonds. The van der Waals surface area contributed by atoms with Crippen molar-refractivity contribution in [2.24, 2.45) is 7.05 Å². The Labute approximate surface area is 185 Å². The van der Waals surface area contributed by atoms with E-state index in [-0.39, 0.29) is 23.4 Å². The molecule has 0 saturated carbocycles. The first kappa shape index (κ1) is 23.5. The molecule has 2 N–H and O–H groups in total. The van der Waals surface area contributed by atoms with Gasteiger partial charge in [-0.1, -0.05) is 6.92 Å². The Morgan fingerprint density at radius 3 is 2.42 bits per heavy atom. The van der Waals surface area contributed by atoms with Crippen LogP contribution in [-0.4, -0.2) is 68.5 Å². The smallest absolute Gasteiger partial charge is 0.240 e. The molecule has 1 atom stereocenters. The van der Waals surface area contributed by atoms with Crippen LogP contribution in [0.25, 0.3) is 0 Å². The van der Waals surface area contributed by atoms with E-state index in [9.17, 15) is 13.2 Å². The zero-order valence-electron chi connectivity index (χ0n) is 18.8. The molecule has 1 saturated heterocycles. The summed E-state index contributed by atoms with van der Waals surface area (Å²) in [4.78, 5) is 16.5. The largest absolute Gasteiger partial charge is 0.353 e. The van der Waals surface area contributed by atoms with Crippen LogP contribution in [0.1, 0.15) is 30.6 Å². The lowest BCUT2D eigenvalue weighted by atomic mass is 10.1. The summed E-state index contributed by atoms with van der Waals surface area (Å²) in [6, 6.07) is 8.86. The van der Waals surface area contributed by atoms with Crippen LogP contribution < -0.4 is 10.0 Å². The molecule has 9 heteroatoms. The van der Waals surface area contributed by atoms with E-state index < -0.39 is 10.0 Å². The second-order valence-electron chi connectivity index (χ2n) is 8.13. The van der Waals surface area contributed by atoms with Crippen molar-refractivity contribution in [2.75, 3.05) is 45.1 Å². The standard InChI is InChI=1S/C22H33N5O3S/c1-5-22(28)24-18-8-9-21(17(2)15-18)31(29,30)23-16-20(19-7-6-10-26(19)4)27-13-11-25(3)12-14-27/h6-10,15,20,23H,5,11-14,16H2,1-4H3,(H,24,28). The minimum atomic E-state index is -3.70. The maximum absolute atomic E-state index is 13.1. The number of nitrogens with zero attached hydrogens (tertiary/aromatic N) is 3. The summed E-state index contributed by atoms with van der Waals surface area (Å²) in [5, 5.41) is 2.77. The van der Waals surface area contributed by atoms with Crippen molar-refractivity contribution in [1.82, 2.24) is 19.1 Å². The van der Waals surface area contributed by atoms with Crippen molar-refractivity contribution >= 4 is 21.6 Å². The van der Waals surface area contributed by atoms with E-state index in [2.05, 4.69) is 26.9 Å². The normalized spacial score (nSPS) is 16.9. The van der Waals surface area contributed by atoms with Gasteiger partial charge >= 0.3 is 0 Å². The van der Waals surface area contributed by atoms with Gasteiger partial charge in [-0.15, -0.1) is 0 Å². The summed E-state index contributed by atoms with van der Waals surface area (Å²) in [7, 11) is 0.391. The fourth-order valence-electron chi connectivity index (χ4n) is 3.92. The summed E-state index contributed by atoms with van der Waals surface area (Å²) in [6.07, 6.45) is 2.36. The average molecular weight is 448 g/mol. The van der Waals surface area contributed by atoms with Crippen LogP contribution in [-0.2, 0) is 21.9 Å². The highest BCUT2D eigenvalue weighted by molar-refractivity contribution is 7.89. The highest BCUT2D eigenvalue weighted by Gasteiger charge is 2.28. The molecule has 0 bridgehead atoms. The zero-order valence-corrected chi connectivity index (χ0v) is 19.6. The lowest BCUT2D eigenvalue weighted by Crippen LogP contribution is -2.48. The van der Waals surface area contributed by atoms with Gasteiger partial charge in [0.2, 0.25) is 15.9 Å². The van der Waals surface area contributed by atoms with Gasteiger partial charge in [0.15, 0.2) is 0 Å². The number of hydrogen-bond donors (Lipinski definition) is 2. The van der Waals surface area contributed by atoms with Crippen molar-refractivity contribution in [3.8, 4) is 0 Å². The third-order valence-electron chi connectivity index (χ3n) is 5.84. The van der Waals surface area contributed by atoms with Gasteiger partial charge in [0, 0.05) is 63.8 Å². The summed E-state index contributed by atoms with van der Waals surface area (Å²) in [6.45, 7) is 7.49. The van der Waals surface area contributed by atoms with Crippen LogP contribution in [0.3, 0.4) is 0 Å². The number of aryl methyl sites for hydroxylation is 2. The van der Waals surface area contributed by atoms with E-state index in [0.717, 1.165) is 31.9 Å². The summed E-state index contributed by atoms with van der Waals surface area (Å²) >= 11 is 0. The van der Waals surface area contributed by atoms with Gasteiger partial charge < -0.3 is 14.8 Å². The fourth-order valence-corrected chi connectivity index (χ4v) is 5.18. The maximum atomic E-state index is 13.1. The van der Waals surface area contributed by atoms with Gasteiger partial charge in [0.25, 0.3) is 0 Å². The van der Waals surface area contributed by atoms with Crippen molar-refractivity contribution in [3.63, 3.8) is 0 Å². The van der Waals surface area contributed by atoms with Gasteiger partial charge in [-0.05, 0) is 49.9 Å². The molecular formula is C22H33N5O3S. The molecule has 2 heterocycles. The van der Waals surface area contributed by atoms with Gasteiger partial charge in [0.1, 0.15) is 0 Å². The molecule has 170 valence electrons. The number of amides is 1. The summed E-state index contributed by atoms with van der Waals surface area (Å²) < 4.78 is 31.1. The van der Waals surface area contributed by atoms with Crippen LogP contribution >= 0.6 is 0 Å². The Morgan fingerprint density at radius 1 is 1.13 bits per heavy atom. The molecule has 1 fully saturated rings. The van der Waals surface area contributed by atoms with Crippen molar-refractivity contribution in [2.45, 2.75) is 31.2 Å². The Hall–Kier alpha value is -2.20. The number of nitrogens with one attached hydrogen (secondary N) is 2. The van der Waals surface area contributed by atoms with Gasteiger partial charge in [0.05, 0.1) is 10.9 Å². The first-order valence-electron chi connectivity index (χ1n) is 10.6. The second-order valence-corrected chi connectivity index (χ2v) is 9.87. The lowest BCUT2D eigenvalue weighted by molar-refractivity contribution is -0.115. The van der Waals surface area contributed by atoms with Crippen LogP contribution in [0.5, 0.6) is 0 Å². The molecule has 1 aliphatic heterocycles. The molecule has 3 rings (SSSR count). The van der Waals surface area contributed by atoms with Crippen LogP contribution in [0.2, 0.25) is 0 Å². The number of sulfonamides is 1. The van der Waals surface area contributed by atoms with Gasteiger partial charge in [-0.3, -0.25) is 9.69 Å². The Balaban J connectivity index is 1.77. The van der Waals surface area contributed by atoms with E-state index in [4.69, 9.17) is 0 Å². The van der Waals surface area contributed by atoms with Crippen LogP contribution in [0.4, 0.5) is 5.69 Å². The molecule has 1 unspecified atom stereocenters.